The third-order valence-corrected chi connectivity index (χ3v) is 8.59. The lowest BCUT2D eigenvalue weighted by Gasteiger charge is -2.35. The van der Waals surface area contributed by atoms with E-state index < -0.39 is 6.04 Å². The molecule has 1 N–H and O–H groups in total. The van der Waals surface area contributed by atoms with Crippen LogP contribution in [-0.4, -0.2) is 71.2 Å². The maximum atomic E-state index is 13.0. The fourth-order valence-corrected chi connectivity index (χ4v) is 6.18. The van der Waals surface area contributed by atoms with Crippen molar-refractivity contribution in [3.8, 4) is 11.1 Å². The Kier molecular flexibility index (Phi) is 7.69. The summed E-state index contributed by atoms with van der Waals surface area (Å²) in [5, 5.41) is 3.11. The molecule has 206 valence electrons. The van der Waals surface area contributed by atoms with Gasteiger partial charge in [0.15, 0.2) is 0 Å². The van der Waals surface area contributed by atoms with E-state index in [9.17, 15) is 14.4 Å². The molecule has 0 bridgehead atoms. The maximum Gasteiger partial charge on any atom is 0.255 e. The van der Waals surface area contributed by atoms with Crippen molar-refractivity contribution >= 4 is 29.3 Å². The molecule has 3 aromatic carbocycles. The monoisotopic (exact) mass is 556 g/mol. The van der Waals surface area contributed by atoms with Crippen molar-refractivity contribution in [1.82, 2.24) is 20.0 Å². The number of carbonyl (C=O) groups excluding carboxylic acids is 3. The molecule has 0 radical (unpaired) electrons. The van der Waals surface area contributed by atoms with Crippen molar-refractivity contribution in [1.29, 1.82) is 0 Å². The van der Waals surface area contributed by atoms with Gasteiger partial charge in [-0.3, -0.25) is 24.6 Å². The average molecular weight is 557 g/mol. The number of piperazine rings is 1. The number of nitrogens with zero attached hydrogens (tertiary/aromatic N) is 3. The topological polar surface area (TPSA) is 73.0 Å². The first-order chi connectivity index (χ1) is 19.4. The molecule has 1 atom stereocenters. The van der Waals surface area contributed by atoms with Crippen LogP contribution in [0, 0.1) is 0 Å². The van der Waals surface area contributed by atoms with Gasteiger partial charge >= 0.3 is 0 Å². The second kappa shape index (κ2) is 11.5. The summed E-state index contributed by atoms with van der Waals surface area (Å²) in [5.74, 6) is -0.758. The third kappa shape index (κ3) is 5.68. The summed E-state index contributed by atoms with van der Waals surface area (Å²) in [4.78, 5) is 43.4. The largest absolute Gasteiger partial charge is 0.322 e. The molecular weight excluding hydrogens is 524 g/mol. The Labute approximate surface area is 239 Å². The van der Waals surface area contributed by atoms with Gasteiger partial charge in [-0.2, -0.15) is 0 Å². The van der Waals surface area contributed by atoms with Crippen LogP contribution in [0.3, 0.4) is 0 Å². The predicted molar refractivity (Wildman–Crippen MR) is 155 cm³/mol. The molecule has 3 amide bonds. The number of amides is 3. The Bertz CT molecular complexity index is 1430. The highest BCUT2D eigenvalue weighted by molar-refractivity contribution is 6.30. The SMILES string of the molecule is O=C1CCC(N2Cc3cc(CCN4CCN(Cc5ccccc5-c5ccc(Cl)cc5)CC4)ccc3C2=O)C(=O)N1. The van der Waals surface area contributed by atoms with Gasteiger partial charge in [0.05, 0.1) is 0 Å². The van der Waals surface area contributed by atoms with Crippen LogP contribution in [0.5, 0.6) is 0 Å². The Morgan fingerprint density at radius 3 is 2.38 bits per heavy atom. The van der Waals surface area contributed by atoms with Gasteiger partial charge in [-0.25, -0.2) is 0 Å². The minimum atomic E-state index is -0.574. The first kappa shape index (κ1) is 26.7. The predicted octanol–water partition coefficient (Wildman–Crippen LogP) is 4.13. The Morgan fingerprint density at radius 2 is 1.60 bits per heavy atom. The standard InChI is InChI=1S/C32H33ClN4O3/c33-26-8-6-23(7-9-26)27-4-2-1-3-24(27)20-36-17-15-35(16-18-36)14-13-22-5-10-28-25(19-22)21-37(32(28)40)29-11-12-30(38)34-31(29)39/h1-10,19,29H,11-18,20-21H2,(H,34,38,39). The molecule has 3 aliphatic rings. The highest BCUT2D eigenvalue weighted by atomic mass is 35.5. The van der Waals surface area contributed by atoms with Crippen molar-refractivity contribution in [2.45, 2.75) is 38.4 Å². The van der Waals surface area contributed by atoms with Crippen LogP contribution in [0.1, 0.15) is 39.9 Å². The number of hydrogen-bond donors (Lipinski definition) is 1. The van der Waals surface area contributed by atoms with Crippen LogP contribution in [0.15, 0.2) is 66.7 Å². The van der Waals surface area contributed by atoms with Gasteiger partial charge < -0.3 is 9.80 Å². The first-order valence-corrected chi connectivity index (χ1v) is 14.4. The molecule has 6 rings (SSSR count). The summed E-state index contributed by atoms with van der Waals surface area (Å²) >= 11 is 6.10. The van der Waals surface area contributed by atoms with Crippen LogP contribution in [-0.2, 0) is 29.1 Å². The summed E-state index contributed by atoms with van der Waals surface area (Å²) in [5.41, 5.74) is 6.62. The zero-order valence-electron chi connectivity index (χ0n) is 22.4. The normalized spacial score (nSPS) is 20.1. The minimum absolute atomic E-state index is 0.121. The van der Waals surface area contributed by atoms with E-state index in [2.05, 4.69) is 57.6 Å². The molecule has 2 saturated heterocycles. The van der Waals surface area contributed by atoms with Gasteiger partial charge in [-0.1, -0.05) is 60.1 Å². The second-order valence-corrected chi connectivity index (χ2v) is 11.4. The smallest absolute Gasteiger partial charge is 0.255 e. The van der Waals surface area contributed by atoms with E-state index in [0.717, 1.165) is 56.3 Å². The molecule has 0 spiro atoms. The van der Waals surface area contributed by atoms with Crippen molar-refractivity contribution in [3.63, 3.8) is 0 Å². The van der Waals surface area contributed by atoms with Crippen molar-refractivity contribution < 1.29 is 14.4 Å². The molecule has 7 nitrogen and oxygen atoms in total. The summed E-state index contributed by atoms with van der Waals surface area (Å²) in [6.07, 6.45) is 1.57. The van der Waals surface area contributed by atoms with Gasteiger partial charge in [0, 0.05) is 62.8 Å². The number of imide groups is 1. The van der Waals surface area contributed by atoms with Crippen LogP contribution >= 0.6 is 11.6 Å². The van der Waals surface area contributed by atoms with E-state index in [0.29, 0.717) is 18.5 Å². The second-order valence-electron chi connectivity index (χ2n) is 10.9. The van der Waals surface area contributed by atoms with Crippen molar-refractivity contribution in [2.24, 2.45) is 0 Å². The Balaban J connectivity index is 1.01. The number of carbonyl (C=O) groups is 3. The molecule has 8 heteroatoms. The molecule has 3 aliphatic heterocycles. The van der Waals surface area contributed by atoms with Crippen molar-refractivity contribution in [2.75, 3.05) is 32.7 Å². The maximum absolute atomic E-state index is 13.0. The summed E-state index contributed by atoms with van der Waals surface area (Å²) < 4.78 is 0. The molecule has 0 saturated carbocycles. The first-order valence-electron chi connectivity index (χ1n) is 14.0. The summed E-state index contributed by atoms with van der Waals surface area (Å²) in [7, 11) is 0. The van der Waals surface area contributed by atoms with E-state index in [1.165, 1.54) is 22.3 Å². The third-order valence-electron chi connectivity index (χ3n) is 8.34. The number of fused-ring (bicyclic) bond motifs is 1. The highest BCUT2D eigenvalue weighted by Crippen LogP contribution is 2.29. The Hall–Kier alpha value is -3.52. The summed E-state index contributed by atoms with van der Waals surface area (Å²) in [6, 6.07) is 22.1. The zero-order valence-corrected chi connectivity index (χ0v) is 23.2. The zero-order chi connectivity index (χ0) is 27.6. The van der Waals surface area contributed by atoms with Crippen LogP contribution in [0.25, 0.3) is 11.1 Å². The summed E-state index contributed by atoms with van der Waals surface area (Å²) in [6.45, 7) is 6.41. The fraction of sp³-hybridized carbons (Fsp3) is 0.344. The number of halogens is 1. The van der Waals surface area contributed by atoms with Gasteiger partial charge in [0.2, 0.25) is 11.8 Å². The van der Waals surface area contributed by atoms with Gasteiger partial charge in [-0.05, 0) is 58.9 Å². The van der Waals surface area contributed by atoms with Crippen LogP contribution in [0.2, 0.25) is 5.02 Å². The van der Waals surface area contributed by atoms with E-state index >= 15 is 0 Å². The highest BCUT2D eigenvalue weighted by Gasteiger charge is 2.39. The van der Waals surface area contributed by atoms with Crippen molar-refractivity contribution in [3.05, 3.63) is 94.0 Å². The molecule has 2 fully saturated rings. The van der Waals surface area contributed by atoms with Gasteiger partial charge in [-0.15, -0.1) is 0 Å². The molecule has 0 aliphatic carbocycles. The van der Waals surface area contributed by atoms with Gasteiger partial charge in [0.25, 0.3) is 5.91 Å². The fourth-order valence-electron chi connectivity index (χ4n) is 6.05. The molecule has 0 aromatic heterocycles. The number of piperidine rings is 1. The van der Waals surface area contributed by atoms with Crippen LogP contribution < -0.4 is 5.32 Å². The molecular formula is C32H33ClN4O3. The molecule has 3 heterocycles. The quantitative estimate of drug-likeness (QED) is 0.443. The Morgan fingerprint density at radius 1 is 0.850 bits per heavy atom. The molecule has 40 heavy (non-hydrogen) atoms. The lowest BCUT2D eigenvalue weighted by atomic mass is 9.99. The molecule has 3 aromatic rings. The van der Waals surface area contributed by atoms with E-state index in [1.54, 1.807) is 4.90 Å². The minimum Gasteiger partial charge on any atom is -0.322 e. The number of nitrogens with one attached hydrogen (secondary N) is 1. The lowest BCUT2D eigenvalue weighted by Crippen LogP contribution is -2.52. The van der Waals surface area contributed by atoms with Gasteiger partial charge in [0.1, 0.15) is 6.04 Å². The lowest BCUT2D eigenvalue weighted by molar-refractivity contribution is -0.136. The van der Waals surface area contributed by atoms with E-state index in [-0.39, 0.29) is 24.1 Å². The van der Waals surface area contributed by atoms with E-state index in [1.807, 2.05) is 24.3 Å². The van der Waals surface area contributed by atoms with Crippen LogP contribution in [0.4, 0.5) is 0 Å². The van der Waals surface area contributed by atoms with E-state index in [4.69, 9.17) is 11.6 Å². The average Bonchev–Trinajstić information content (AvgIpc) is 3.28. The number of benzene rings is 3. The molecule has 1 unspecified atom stereocenters. The number of hydrogen-bond acceptors (Lipinski definition) is 5. The number of rotatable bonds is 7.